The average molecular weight is 384 g/mol. The summed E-state index contributed by atoms with van der Waals surface area (Å²) in [7, 11) is 2.71. The Balaban J connectivity index is 1.81. The summed E-state index contributed by atoms with van der Waals surface area (Å²) in [5.41, 5.74) is 2.05. The van der Waals surface area contributed by atoms with Crippen molar-refractivity contribution in [2.24, 2.45) is 0 Å². The maximum atomic E-state index is 11.1. The van der Waals surface area contributed by atoms with E-state index >= 15 is 0 Å². The Morgan fingerprint density at radius 3 is 1.36 bits per heavy atom. The van der Waals surface area contributed by atoms with Crippen molar-refractivity contribution in [3.8, 4) is 11.5 Å². The lowest BCUT2D eigenvalue weighted by Crippen LogP contribution is -2.07. The van der Waals surface area contributed by atoms with Gasteiger partial charge in [-0.3, -0.25) is 9.59 Å². The van der Waals surface area contributed by atoms with Gasteiger partial charge in [0.2, 0.25) is 0 Å². The maximum Gasteiger partial charge on any atom is 0.308 e. The molecule has 2 aromatic carbocycles. The molecule has 0 aromatic heterocycles. The fourth-order valence-corrected chi connectivity index (χ4v) is 2.25. The number of hydrogen-bond acceptors (Lipinski definition) is 6. The number of carbonyl (C=O) groups excluding carboxylic acids is 2. The number of hydrogen-bond donors (Lipinski definition) is 0. The van der Waals surface area contributed by atoms with E-state index in [1.807, 2.05) is 60.7 Å². The normalized spacial score (nSPS) is 10.5. The van der Waals surface area contributed by atoms with E-state index in [1.54, 1.807) is 0 Å². The highest BCUT2D eigenvalue weighted by Crippen LogP contribution is 2.17. The van der Waals surface area contributed by atoms with Gasteiger partial charge in [-0.2, -0.15) is 0 Å². The van der Waals surface area contributed by atoms with Gasteiger partial charge in [0.1, 0.15) is 11.5 Å². The standard InChI is InChI=1S/C22H24O6/c1-25-21(23)13-15-27-19-9-5-17(6-10-19)3-4-18-7-11-20(12-8-18)28-16-14-22(24)26-2/h3-12H,13-16H2,1-2H3/b4-3+. The topological polar surface area (TPSA) is 71.1 Å². The van der Waals surface area contributed by atoms with E-state index in [9.17, 15) is 9.59 Å². The van der Waals surface area contributed by atoms with Gasteiger partial charge in [-0.05, 0) is 35.4 Å². The fraction of sp³-hybridized carbons (Fsp3) is 0.273. The van der Waals surface area contributed by atoms with Gasteiger partial charge in [-0.15, -0.1) is 0 Å². The Bertz CT molecular complexity index is 710. The Morgan fingerprint density at radius 2 is 1.04 bits per heavy atom. The summed E-state index contributed by atoms with van der Waals surface area (Å²) in [5, 5.41) is 0. The number of benzene rings is 2. The number of ether oxygens (including phenoxy) is 4. The first kappa shape index (κ1) is 21.0. The van der Waals surface area contributed by atoms with E-state index in [0.717, 1.165) is 11.1 Å². The van der Waals surface area contributed by atoms with Crippen molar-refractivity contribution in [2.45, 2.75) is 12.8 Å². The first-order valence-electron chi connectivity index (χ1n) is 8.88. The third-order valence-corrected chi connectivity index (χ3v) is 3.83. The van der Waals surface area contributed by atoms with Crippen LogP contribution in [0, 0.1) is 0 Å². The van der Waals surface area contributed by atoms with Crippen molar-refractivity contribution >= 4 is 24.1 Å². The molecule has 28 heavy (non-hydrogen) atoms. The molecule has 0 fully saturated rings. The van der Waals surface area contributed by atoms with Gasteiger partial charge in [0.15, 0.2) is 0 Å². The Kier molecular flexibility index (Phi) is 8.59. The second kappa shape index (κ2) is 11.4. The first-order chi connectivity index (χ1) is 13.6. The summed E-state index contributed by atoms with van der Waals surface area (Å²) in [6, 6.07) is 15.2. The maximum absolute atomic E-state index is 11.1. The van der Waals surface area contributed by atoms with Crippen LogP contribution in [0.2, 0.25) is 0 Å². The highest BCUT2D eigenvalue weighted by Gasteiger charge is 2.02. The molecule has 2 rings (SSSR count). The molecule has 0 unspecified atom stereocenters. The third kappa shape index (κ3) is 7.53. The molecule has 0 saturated heterocycles. The molecule has 0 spiro atoms. The van der Waals surface area contributed by atoms with E-state index in [2.05, 4.69) is 9.47 Å². The molecule has 0 saturated carbocycles. The summed E-state index contributed by atoms with van der Waals surface area (Å²) in [5.74, 6) is 0.822. The minimum absolute atomic E-state index is 0.223. The molecule has 0 heterocycles. The second-order valence-electron chi connectivity index (χ2n) is 5.82. The van der Waals surface area contributed by atoms with Crippen LogP contribution in [0.5, 0.6) is 11.5 Å². The Labute approximate surface area is 164 Å². The van der Waals surface area contributed by atoms with Crippen molar-refractivity contribution in [2.75, 3.05) is 27.4 Å². The number of methoxy groups -OCH3 is 2. The van der Waals surface area contributed by atoms with Crippen LogP contribution in [0.3, 0.4) is 0 Å². The molecule has 0 atom stereocenters. The zero-order chi connectivity index (χ0) is 20.2. The van der Waals surface area contributed by atoms with E-state index in [-0.39, 0.29) is 38.0 Å². The molecule has 0 N–H and O–H groups in total. The predicted octanol–water partition coefficient (Wildman–Crippen LogP) is 3.74. The summed E-state index contributed by atoms with van der Waals surface area (Å²) < 4.78 is 20.1. The van der Waals surface area contributed by atoms with Crippen LogP contribution in [0.1, 0.15) is 24.0 Å². The number of rotatable bonds is 10. The molecule has 0 radical (unpaired) electrons. The van der Waals surface area contributed by atoms with E-state index in [1.165, 1.54) is 14.2 Å². The first-order valence-corrected chi connectivity index (χ1v) is 8.88. The van der Waals surface area contributed by atoms with Crippen molar-refractivity contribution in [3.05, 3.63) is 59.7 Å². The van der Waals surface area contributed by atoms with Gasteiger partial charge in [-0.1, -0.05) is 36.4 Å². The molecule has 0 aliphatic heterocycles. The van der Waals surface area contributed by atoms with Gasteiger partial charge >= 0.3 is 11.9 Å². The molecule has 0 aliphatic carbocycles. The van der Waals surface area contributed by atoms with Crippen LogP contribution >= 0.6 is 0 Å². The predicted molar refractivity (Wildman–Crippen MR) is 106 cm³/mol. The van der Waals surface area contributed by atoms with Crippen LogP contribution < -0.4 is 9.47 Å². The Morgan fingerprint density at radius 1 is 0.679 bits per heavy atom. The fourth-order valence-electron chi connectivity index (χ4n) is 2.25. The van der Waals surface area contributed by atoms with Gasteiger partial charge in [0.05, 0.1) is 40.3 Å². The van der Waals surface area contributed by atoms with Crippen LogP contribution in [0.4, 0.5) is 0 Å². The van der Waals surface area contributed by atoms with Crippen LogP contribution in [0.25, 0.3) is 12.2 Å². The minimum atomic E-state index is -0.292. The van der Waals surface area contributed by atoms with Crippen molar-refractivity contribution in [1.82, 2.24) is 0 Å². The summed E-state index contributed by atoms with van der Waals surface area (Å²) in [6.07, 6.45) is 4.43. The molecular weight excluding hydrogens is 360 g/mol. The lowest BCUT2D eigenvalue weighted by molar-refractivity contribution is -0.142. The lowest BCUT2D eigenvalue weighted by atomic mass is 10.1. The molecule has 0 amide bonds. The van der Waals surface area contributed by atoms with Crippen molar-refractivity contribution in [1.29, 1.82) is 0 Å². The summed E-state index contributed by atoms with van der Waals surface area (Å²) >= 11 is 0. The second-order valence-corrected chi connectivity index (χ2v) is 5.82. The summed E-state index contributed by atoms with van der Waals surface area (Å²) in [6.45, 7) is 0.575. The summed E-state index contributed by atoms with van der Waals surface area (Å²) in [4.78, 5) is 22.1. The van der Waals surface area contributed by atoms with Crippen LogP contribution in [-0.4, -0.2) is 39.4 Å². The van der Waals surface area contributed by atoms with E-state index in [0.29, 0.717) is 11.5 Å². The van der Waals surface area contributed by atoms with Gasteiger partial charge in [-0.25, -0.2) is 0 Å². The highest BCUT2D eigenvalue weighted by molar-refractivity contribution is 5.70. The molecule has 148 valence electrons. The quantitative estimate of drug-likeness (QED) is 0.459. The SMILES string of the molecule is COC(=O)CCOc1ccc(/C=C/c2ccc(OCCC(=O)OC)cc2)cc1. The lowest BCUT2D eigenvalue weighted by Gasteiger charge is -2.06. The van der Waals surface area contributed by atoms with Gasteiger partial charge < -0.3 is 18.9 Å². The van der Waals surface area contributed by atoms with E-state index < -0.39 is 0 Å². The average Bonchev–Trinajstić information content (AvgIpc) is 2.73. The minimum Gasteiger partial charge on any atom is -0.493 e. The van der Waals surface area contributed by atoms with Crippen molar-refractivity contribution < 1.29 is 28.5 Å². The molecule has 6 heteroatoms. The van der Waals surface area contributed by atoms with Gasteiger partial charge in [0.25, 0.3) is 0 Å². The zero-order valence-corrected chi connectivity index (χ0v) is 16.1. The highest BCUT2D eigenvalue weighted by atomic mass is 16.5. The smallest absolute Gasteiger partial charge is 0.308 e. The molecule has 2 aromatic rings. The van der Waals surface area contributed by atoms with Gasteiger partial charge in [0, 0.05) is 0 Å². The van der Waals surface area contributed by atoms with Crippen molar-refractivity contribution in [3.63, 3.8) is 0 Å². The van der Waals surface area contributed by atoms with E-state index in [4.69, 9.17) is 9.47 Å². The molecule has 0 aliphatic rings. The largest absolute Gasteiger partial charge is 0.493 e. The molecular formula is C22H24O6. The number of esters is 2. The molecule has 0 bridgehead atoms. The number of carbonyl (C=O) groups is 2. The molecule has 6 nitrogen and oxygen atoms in total. The third-order valence-electron chi connectivity index (χ3n) is 3.83. The van der Waals surface area contributed by atoms with Crippen LogP contribution in [0.15, 0.2) is 48.5 Å². The zero-order valence-electron chi connectivity index (χ0n) is 16.1. The van der Waals surface area contributed by atoms with Crippen LogP contribution in [-0.2, 0) is 19.1 Å². The monoisotopic (exact) mass is 384 g/mol. The Hall–Kier alpha value is -3.28.